The van der Waals surface area contributed by atoms with E-state index in [0.29, 0.717) is 11.3 Å². The van der Waals surface area contributed by atoms with Crippen LogP contribution in [-0.2, 0) is 4.79 Å². The zero-order valence-electron chi connectivity index (χ0n) is 13.7. The molecule has 0 aliphatic carbocycles. The molecule has 1 aliphatic rings. The van der Waals surface area contributed by atoms with Gasteiger partial charge in [-0.2, -0.15) is 13.2 Å². The molecule has 26 heavy (non-hydrogen) atoms. The summed E-state index contributed by atoms with van der Waals surface area (Å²) in [6, 6.07) is 6.45. The van der Waals surface area contributed by atoms with Crippen LogP contribution in [0.4, 0.5) is 13.2 Å². The fraction of sp³-hybridized carbons (Fsp3) is 0.353. The van der Waals surface area contributed by atoms with Gasteiger partial charge < -0.3 is 10.0 Å². The minimum atomic E-state index is -4.67. The molecule has 1 amide bonds. The van der Waals surface area contributed by atoms with Gasteiger partial charge in [0, 0.05) is 29.6 Å². The number of amides is 1. The number of likely N-dealkylation sites (tertiary alicyclic amines) is 1. The Labute approximate surface area is 151 Å². The van der Waals surface area contributed by atoms with Gasteiger partial charge in [-0.05, 0) is 19.1 Å². The summed E-state index contributed by atoms with van der Waals surface area (Å²) < 4.78 is 39.3. The molecule has 0 radical (unpaired) electrons. The van der Waals surface area contributed by atoms with Crippen molar-refractivity contribution in [3.63, 3.8) is 0 Å². The van der Waals surface area contributed by atoms with Crippen LogP contribution >= 0.6 is 11.3 Å². The summed E-state index contributed by atoms with van der Waals surface area (Å²) in [5.41, 5.74) is 1.57. The second-order valence-electron chi connectivity index (χ2n) is 6.14. The molecular weight excluding hydrogens is 369 g/mol. The molecule has 1 N–H and O–H groups in total. The van der Waals surface area contributed by atoms with Gasteiger partial charge in [0.25, 0.3) is 5.91 Å². The monoisotopic (exact) mass is 384 g/mol. The van der Waals surface area contributed by atoms with Gasteiger partial charge in [0.2, 0.25) is 0 Å². The Morgan fingerprint density at radius 3 is 2.58 bits per heavy atom. The molecule has 1 saturated heterocycles. The molecule has 0 spiro atoms. The van der Waals surface area contributed by atoms with Crippen LogP contribution in [0.1, 0.15) is 15.4 Å². The third-order valence-corrected chi connectivity index (χ3v) is 5.14. The molecule has 5 nitrogen and oxygen atoms in total. The highest BCUT2D eigenvalue weighted by molar-refractivity contribution is 7.09. The Hall–Kier alpha value is -2.42. The summed E-state index contributed by atoms with van der Waals surface area (Å²) in [5.74, 6) is -5.87. The van der Waals surface area contributed by atoms with Gasteiger partial charge in [0.1, 0.15) is 0 Å². The number of aliphatic carboxylic acids is 1. The predicted octanol–water partition coefficient (Wildman–Crippen LogP) is 3.45. The van der Waals surface area contributed by atoms with Crippen molar-refractivity contribution in [2.24, 2.45) is 11.8 Å². The lowest BCUT2D eigenvalue weighted by Crippen LogP contribution is -2.34. The number of benzene rings is 1. The van der Waals surface area contributed by atoms with Crippen LogP contribution in [0.3, 0.4) is 0 Å². The molecule has 1 fully saturated rings. The summed E-state index contributed by atoms with van der Waals surface area (Å²) in [4.78, 5) is 29.1. The zero-order chi connectivity index (χ0) is 19.1. The van der Waals surface area contributed by atoms with Gasteiger partial charge >= 0.3 is 12.1 Å². The van der Waals surface area contributed by atoms with Crippen LogP contribution in [0.15, 0.2) is 29.6 Å². The standard InChI is InChI=1S/C17H15F3N2O3S/c1-9-21-14(8-26-9)10-3-2-4-11(5-10)15(23)22-6-12(16(24)25)13(7-22)17(18,19)20/h2-5,8,12-13H,6-7H2,1H3,(H,24,25)/t12-,13-/m1/s1. The van der Waals surface area contributed by atoms with E-state index in [4.69, 9.17) is 5.11 Å². The maximum absolute atomic E-state index is 13.1. The summed E-state index contributed by atoms with van der Waals surface area (Å²) in [6.45, 7) is 0.731. The number of carboxylic acids is 1. The number of rotatable bonds is 3. The summed E-state index contributed by atoms with van der Waals surface area (Å²) >= 11 is 1.45. The van der Waals surface area contributed by atoms with E-state index in [1.54, 1.807) is 18.2 Å². The van der Waals surface area contributed by atoms with Crippen molar-refractivity contribution in [2.45, 2.75) is 13.1 Å². The third kappa shape index (κ3) is 3.57. The van der Waals surface area contributed by atoms with Crippen molar-refractivity contribution in [3.8, 4) is 11.3 Å². The number of aryl methyl sites for hydroxylation is 1. The number of hydrogen-bond acceptors (Lipinski definition) is 4. The highest BCUT2D eigenvalue weighted by Crippen LogP contribution is 2.38. The van der Waals surface area contributed by atoms with Gasteiger partial charge in [-0.1, -0.05) is 12.1 Å². The Bertz CT molecular complexity index is 850. The zero-order valence-corrected chi connectivity index (χ0v) is 14.5. The van der Waals surface area contributed by atoms with E-state index < -0.39 is 43.0 Å². The third-order valence-electron chi connectivity index (χ3n) is 4.37. The van der Waals surface area contributed by atoms with Crippen LogP contribution in [0.25, 0.3) is 11.3 Å². The van der Waals surface area contributed by atoms with Gasteiger partial charge in [-0.15, -0.1) is 11.3 Å². The van der Waals surface area contributed by atoms with E-state index in [1.807, 2.05) is 12.3 Å². The first-order chi connectivity index (χ1) is 12.2. The van der Waals surface area contributed by atoms with Gasteiger partial charge in [0.15, 0.2) is 0 Å². The van der Waals surface area contributed by atoms with E-state index in [1.165, 1.54) is 17.4 Å². The topological polar surface area (TPSA) is 70.5 Å². The van der Waals surface area contributed by atoms with Crippen molar-refractivity contribution < 1.29 is 27.9 Å². The van der Waals surface area contributed by atoms with Gasteiger partial charge in [-0.3, -0.25) is 9.59 Å². The van der Waals surface area contributed by atoms with E-state index in [-0.39, 0.29) is 5.56 Å². The van der Waals surface area contributed by atoms with Crippen LogP contribution in [0.5, 0.6) is 0 Å². The number of halogens is 3. The molecule has 1 aliphatic heterocycles. The average molecular weight is 384 g/mol. The minimum Gasteiger partial charge on any atom is -0.481 e. The Morgan fingerprint density at radius 2 is 2.04 bits per heavy atom. The molecule has 0 unspecified atom stereocenters. The van der Waals surface area contributed by atoms with E-state index in [9.17, 15) is 22.8 Å². The van der Waals surface area contributed by atoms with Crippen molar-refractivity contribution in [1.82, 2.24) is 9.88 Å². The van der Waals surface area contributed by atoms with Crippen molar-refractivity contribution >= 4 is 23.2 Å². The molecule has 3 rings (SSSR count). The molecular formula is C17H15F3N2O3S. The molecule has 0 bridgehead atoms. The molecule has 9 heteroatoms. The van der Waals surface area contributed by atoms with E-state index in [2.05, 4.69) is 4.98 Å². The number of carbonyl (C=O) groups is 2. The number of nitrogens with zero attached hydrogens (tertiary/aromatic N) is 2. The van der Waals surface area contributed by atoms with Gasteiger partial charge in [-0.25, -0.2) is 4.98 Å². The number of carboxylic acid groups (broad SMARTS) is 1. The minimum absolute atomic E-state index is 0.208. The SMILES string of the molecule is Cc1nc(-c2cccc(C(=O)N3C[C@@H](C(F)(F)F)[C@H](C(=O)O)C3)c2)cs1. The van der Waals surface area contributed by atoms with Crippen molar-refractivity contribution in [2.75, 3.05) is 13.1 Å². The largest absolute Gasteiger partial charge is 0.481 e. The van der Waals surface area contributed by atoms with Crippen LogP contribution in [0, 0.1) is 18.8 Å². The predicted molar refractivity (Wildman–Crippen MR) is 88.9 cm³/mol. The second kappa shape index (κ2) is 6.71. The number of alkyl halides is 3. The first-order valence-electron chi connectivity index (χ1n) is 7.78. The maximum Gasteiger partial charge on any atom is 0.394 e. The smallest absolute Gasteiger partial charge is 0.394 e. The first kappa shape index (κ1) is 18.4. The highest BCUT2D eigenvalue weighted by atomic mass is 32.1. The van der Waals surface area contributed by atoms with Gasteiger partial charge in [0.05, 0.1) is 22.5 Å². The van der Waals surface area contributed by atoms with Crippen LogP contribution in [-0.4, -0.2) is 46.1 Å². The summed E-state index contributed by atoms with van der Waals surface area (Å²) in [6.07, 6.45) is -4.67. The second-order valence-corrected chi connectivity index (χ2v) is 7.20. The normalized spacial score (nSPS) is 20.4. The Kier molecular flexibility index (Phi) is 4.74. The number of hydrogen-bond donors (Lipinski definition) is 1. The summed E-state index contributed by atoms with van der Waals surface area (Å²) in [7, 11) is 0. The molecule has 1 aromatic carbocycles. The maximum atomic E-state index is 13.1. The number of carbonyl (C=O) groups excluding carboxylic acids is 1. The van der Waals surface area contributed by atoms with Crippen molar-refractivity contribution in [1.29, 1.82) is 0 Å². The van der Waals surface area contributed by atoms with Crippen LogP contribution < -0.4 is 0 Å². The van der Waals surface area contributed by atoms with E-state index in [0.717, 1.165) is 9.91 Å². The highest BCUT2D eigenvalue weighted by Gasteiger charge is 2.53. The van der Waals surface area contributed by atoms with E-state index >= 15 is 0 Å². The molecule has 2 aromatic rings. The quantitative estimate of drug-likeness (QED) is 0.880. The lowest BCUT2D eigenvalue weighted by atomic mass is 9.96. The Balaban J connectivity index is 1.85. The fourth-order valence-corrected chi connectivity index (χ4v) is 3.66. The number of aromatic nitrogens is 1. The summed E-state index contributed by atoms with van der Waals surface area (Å²) in [5, 5.41) is 11.8. The number of thiazole rings is 1. The molecule has 2 atom stereocenters. The lowest BCUT2D eigenvalue weighted by Gasteiger charge is -2.18. The lowest BCUT2D eigenvalue weighted by molar-refractivity contribution is -0.187. The Morgan fingerprint density at radius 1 is 1.31 bits per heavy atom. The van der Waals surface area contributed by atoms with Crippen molar-refractivity contribution in [3.05, 3.63) is 40.2 Å². The fourth-order valence-electron chi connectivity index (χ4n) is 3.04. The molecule has 2 heterocycles. The molecule has 138 valence electrons. The molecule has 1 aromatic heterocycles. The average Bonchev–Trinajstić information content (AvgIpc) is 3.20. The van der Waals surface area contributed by atoms with Crippen LogP contribution in [0.2, 0.25) is 0 Å². The first-order valence-corrected chi connectivity index (χ1v) is 8.66. The molecule has 0 saturated carbocycles.